The van der Waals surface area contributed by atoms with Gasteiger partial charge in [-0.1, -0.05) is 30.3 Å². The quantitative estimate of drug-likeness (QED) is 0.510. The van der Waals surface area contributed by atoms with Crippen molar-refractivity contribution in [2.24, 2.45) is 5.73 Å². The van der Waals surface area contributed by atoms with Crippen LogP contribution >= 0.6 is 0 Å². The number of benzene rings is 1. The zero-order chi connectivity index (χ0) is 19.1. The Labute approximate surface area is 162 Å². The highest BCUT2D eigenvalue weighted by molar-refractivity contribution is 6.02. The first-order valence-electron chi connectivity index (χ1n) is 9.31. The Morgan fingerprint density at radius 2 is 1.82 bits per heavy atom. The van der Waals surface area contributed by atoms with Gasteiger partial charge in [-0.25, -0.2) is 15.0 Å². The molecule has 1 fully saturated rings. The van der Waals surface area contributed by atoms with Crippen molar-refractivity contribution in [3.63, 3.8) is 0 Å². The third-order valence-corrected chi connectivity index (χ3v) is 5.44. The largest absolute Gasteiger partial charge is 0.369 e. The third kappa shape index (κ3) is 2.76. The molecular formula is C21H21N7. The third-order valence-electron chi connectivity index (χ3n) is 5.44. The molecule has 0 saturated carbocycles. The van der Waals surface area contributed by atoms with Gasteiger partial charge in [0.25, 0.3) is 0 Å². The van der Waals surface area contributed by atoms with Crippen molar-refractivity contribution in [2.45, 2.75) is 12.0 Å². The van der Waals surface area contributed by atoms with E-state index < -0.39 is 0 Å². The predicted octanol–water partition coefficient (Wildman–Crippen LogP) is 2.53. The summed E-state index contributed by atoms with van der Waals surface area (Å²) in [6.07, 6.45) is 5.42. The SMILES string of the molecule is Nc1nccc(-c2c[nH]c3nccc(N4C[C@@H](N)[C@H](c5ccccc5)C4)c23)n1. The second kappa shape index (κ2) is 6.61. The van der Waals surface area contributed by atoms with Crippen molar-refractivity contribution < 1.29 is 0 Å². The van der Waals surface area contributed by atoms with Crippen molar-refractivity contribution >= 4 is 22.7 Å². The molecule has 7 nitrogen and oxygen atoms in total. The summed E-state index contributed by atoms with van der Waals surface area (Å²) < 4.78 is 0. The highest BCUT2D eigenvalue weighted by Crippen LogP contribution is 2.37. The number of fused-ring (bicyclic) bond motifs is 1. The van der Waals surface area contributed by atoms with E-state index in [2.05, 4.69) is 49.1 Å². The maximum Gasteiger partial charge on any atom is 0.220 e. The number of aromatic amines is 1. The Morgan fingerprint density at radius 1 is 1.00 bits per heavy atom. The standard InChI is InChI=1S/C21H21N7/c22-16-12-28(11-15(16)13-4-2-1-3-5-13)18-7-9-24-20-19(18)14(10-26-20)17-6-8-25-21(23)27-17/h1-10,15-16H,11-12,22H2,(H,24,26)(H2,23,25,27)/t15-,16+/m0/s1. The molecule has 7 heteroatoms. The van der Waals surface area contributed by atoms with Crippen LogP contribution in [0, 0.1) is 0 Å². The van der Waals surface area contributed by atoms with E-state index in [0.29, 0.717) is 5.92 Å². The lowest BCUT2D eigenvalue weighted by Gasteiger charge is -2.20. The molecule has 2 atom stereocenters. The molecule has 0 radical (unpaired) electrons. The van der Waals surface area contributed by atoms with Crippen molar-refractivity contribution in [1.29, 1.82) is 0 Å². The van der Waals surface area contributed by atoms with Crippen LogP contribution in [0.3, 0.4) is 0 Å². The zero-order valence-corrected chi connectivity index (χ0v) is 15.3. The second-order valence-corrected chi connectivity index (χ2v) is 7.14. The number of anilines is 2. The summed E-state index contributed by atoms with van der Waals surface area (Å²) >= 11 is 0. The van der Waals surface area contributed by atoms with Gasteiger partial charge in [-0.2, -0.15) is 0 Å². The van der Waals surface area contributed by atoms with Crippen molar-refractivity contribution in [3.05, 3.63) is 66.6 Å². The van der Waals surface area contributed by atoms with Gasteiger partial charge in [-0.3, -0.25) is 0 Å². The fourth-order valence-corrected chi connectivity index (χ4v) is 4.11. The smallest absolute Gasteiger partial charge is 0.220 e. The number of H-pyrrole nitrogens is 1. The monoisotopic (exact) mass is 371 g/mol. The summed E-state index contributed by atoms with van der Waals surface area (Å²) in [5, 5.41) is 1.03. The van der Waals surface area contributed by atoms with Crippen LogP contribution in [0.15, 0.2) is 61.1 Å². The first kappa shape index (κ1) is 16.7. The van der Waals surface area contributed by atoms with Crippen molar-refractivity contribution in [1.82, 2.24) is 19.9 Å². The van der Waals surface area contributed by atoms with E-state index in [1.54, 1.807) is 6.20 Å². The molecule has 1 saturated heterocycles. The molecule has 1 aliphatic rings. The molecule has 0 spiro atoms. The maximum atomic E-state index is 6.52. The molecule has 1 aliphatic heterocycles. The van der Waals surface area contributed by atoms with Crippen LogP contribution in [-0.4, -0.2) is 39.1 Å². The minimum absolute atomic E-state index is 0.0719. The predicted molar refractivity (Wildman–Crippen MR) is 111 cm³/mol. The number of nitrogen functional groups attached to an aromatic ring is 1. The Kier molecular flexibility index (Phi) is 3.95. The van der Waals surface area contributed by atoms with Gasteiger partial charge in [0.1, 0.15) is 5.65 Å². The molecule has 3 aromatic heterocycles. The Bertz CT molecular complexity index is 1120. The van der Waals surface area contributed by atoms with Gasteiger partial charge in [0.15, 0.2) is 0 Å². The number of nitrogens with zero attached hydrogens (tertiary/aromatic N) is 4. The number of aromatic nitrogens is 4. The van der Waals surface area contributed by atoms with E-state index >= 15 is 0 Å². The van der Waals surface area contributed by atoms with E-state index in [1.165, 1.54) is 5.56 Å². The molecule has 0 unspecified atom stereocenters. The molecule has 1 aromatic carbocycles. The fraction of sp³-hybridized carbons (Fsp3) is 0.190. The number of nitrogens with two attached hydrogens (primary N) is 2. The summed E-state index contributed by atoms with van der Waals surface area (Å²) in [4.78, 5) is 18.5. The van der Waals surface area contributed by atoms with E-state index in [0.717, 1.165) is 41.1 Å². The number of nitrogens with one attached hydrogen (secondary N) is 1. The van der Waals surface area contributed by atoms with Crippen LogP contribution in [0.1, 0.15) is 11.5 Å². The Morgan fingerprint density at radius 3 is 2.64 bits per heavy atom. The molecule has 5 rings (SSSR count). The minimum atomic E-state index is 0.0719. The van der Waals surface area contributed by atoms with E-state index in [-0.39, 0.29) is 12.0 Å². The summed E-state index contributed by atoms with van der Waals surface area (Å²) in [5.41, 5.74) is 17.3. The fourth-order valence-electron chi connectivity index (χ4n) is 4.11. The van der Waals surface area contributed by atoms with Gasteiger partial charge < -0.3 is 21.4 Å². The average molecular weight is 371 g/mol. The first-order valence-corrected chi connectivity index (χ1v) is 9.31. The molecule has 0 aliphatic carbocycles. The summed E-state index contributed by atoms with van der Waals surface area (Å²) in [6.45, 7) is 1.65. The first-order chi connectivity index (χ1) is 13.7. The maximum absolute atomic E-state index is 6.52. The van der Waals surface area contributed by atoms with Gasteiger partial charge in [-0.05, 0) is 17.7 Å². The van der Waals surface area contributed by atoms with Gasteiger partial charge in [0.2, 0.25) is 5.95 Å². The average Bonchev–Trinajstić information content (AvgIpc) is 3.32. The number of hydrogen-bond donors (Lipinski definition) is 3. The van der Waals surface area contributed by atoms with Gasteiger partial charge in [0.05, 0.1) is 16.8 Å². The van der Waals surface area contributed by atoms with Crippen LogP contribution in [-0.2, 0) is 0 Å². The molecule has 5 N–H and O–H groups in total. The van der Waals surface area contributed by atoms with Crippen molar-refractivity contribution in [2.75, 3.05) is 23.7 Å². The molecular weight excluding hydrogens is 350 g/mol. The molecule has 0 amide bonds. The lowest BCUT2D eigenvalue weighted by atomic mass is 9.95. The zero-order valence-electron chi connectivity index (χ0n) is 15.3. The van der Waals surface area contributed by atoms with Crippen LogP contribution in [0.4, 0.5) is 11.6 Å². The summed E-state index contributed by atoms with van der Waals surface area (Å²) in [5.74, 6) is 0.547. The van der Waals surface area contributed by atoms with Crippen molar-refractivity contribution in [3.8, 4) is 11.3 Å². The summed E-state index contributed by atoms with van der Waals surface area (Å²) in [7, 11) is 0. The van der Waals surface area contributed by atoms with Crippen LogP contribution < -0.4 is 16.4 Å². The normalized spacial score (nSPS) is 19.4. The Balaban J connectivity index is 1.57. The molecule has 4 heterocycles. The molecule has 140 valence electrons. The molecule has 0 bridgehead atoms. The van der Waals surface area contributed by atoms with Crippen LogP contribution in [0.5, 0.6) is 0 Å². The van der Waals surface area contributed by atoms with E-state index in [4.69, 9.17) is 11.5 Å². The van der Waals surface area contributed by atoms with Gasteiger partial charge in [0, 0.05) is 49.2 Å². The van der Waals surface area contributed by atoms with Crippen LogP contribution in [0.2, 0.25) is 0 Å². The lowest BCUT2D eigenvalue weighted by molar-refractivity contribution is 0.653. The Hall–Kier alpha value is -3.45. The second-order valence-electron chi connectivity index (χ2n) is 7.14. The number of pyridine rings is 1. The highest BCUT2D eigenvalue weighted by atomic mass is 15.2. The van der Waals surface area contributed by atoms with E-state index in [1.807, 2.05) is 30.6 Å². The lowest BCUT2D eigenvalue weighted by Crippen LogP contribution is -2.28. The van der Waals surface area contributed by atoms with Crippen LogP contribution in [0.25, 0.3) is 22.3 Å². The number of rotatable bonds is 3. The molecule has 28 heavy (non-hydrogen) atoms. The summed E-state index contributed by atoms with van der Waals surface area (Å²) in [6, 6.07) is 14.5. The number of hydrogen-bond acceptors (Lipinski definition) is 6. The molecule has 4 aromatic rings. The topological polar surface area (TPSA) is 110 Å². The minimum Gasteiger partial charge on any atom is -0.369 e. The highest BCUT2D eigenvalue weighted by Gasteiger charge is 2.32. The van der Waals surface area contributed by atoms with E-state index in [9.17, 15) is 0 Å². The van der Waals surface area contributed by atoms with Gasteiger partial charge >= 0.3 is 0 Å². The van der Waals surface area contributed by atoms with Gasteiger partial charge in [-0.15, -0.1) is 0 Å².